The minimum Gasteiger partial charge on any atom is -0.325 e. The van der Waals surface area contributed by atoms with Crippen LogP contribution in [0.5, 0.6) is 0 Å². The van der Waals surface area contributed by atoms with Gasteiger partial charge in [0.25, 0.3) is 0 Å². The van der Waals surface area contributed by atoms with Gasteiger partial charge in [-0.25, -0.2) is 4.39 Å². The van der Waals surface area contributed by atoms with Gasteiger partial charge in [-0.3, -0.25) is 4.79 Å². The number of benzene rings is 2. The summed E-state index contributed by atoms with van der Waals surface area (Å²) in [5.74, 6) is 1.53. The van der Waals surface area contributed by atoms with Crippen molar-refractivity contribution in [3.8, 4) is 11.4 Å². The number of nitrogens with one attached hydrogen (secondary N) is 1. The molecule has 5 nitrogen and oxygen atoms in total. The van der Waals surface area contributed by atoms with Crippen LogP contribution in [0.4, 0.5) is 10.1 Å². The van der Waals surface area contributed by atoms with Gasteiger partial charge in [0, 0.05) is 24.2 Å². The molecule has 0 saturated heterocycles. The summed E-state index contributed by atoms with van der Waals surface area (Å²) in [5.41, 5.74) is 2.82. The van der Waals surface area contributed by atoms with Gasteiger partial charge in [0.1, 0.15) is 11.6 Å². The number of carbonyl (C=O) groups is 1. The molecule has 1 N–H and O–H groups in total. The summed E-state index contributed by atoms with van der Waals surface area (Å²) in [6.45, 7) is 2.91. The zero-order valence-electron chi connectivity index (χ0n) is 17.8. The van der Waals surface area contributed by atoms with Crippen molar-refractivity contribution in [2.24, 2.45) is 0 Å². The van der Waals surface area contributed by atoms with Gasteiger partial charge in [0.05, 0.1) is 5.41 Å². The molecule has 1 aliphatic heterocycles. The molecule has 1 aliphatic carbocycles. The highest BCUT2D eigenvalue weighted by Crippen LogP contribution is 2.45. The lowest BCUT2D eigenvalue weighted by Crippen LogP contribution is -2.46. The van der Waals surface area contributed by atoms with E-state index in [0.717, 1.165) is 79.1 Å². The highest BCUT2D eigenvalue weighted by molar-refractivity contribution is 6.00. The predicted molar refractivity (Wildman–Crippen MR) is 118 cm³/mol. The Morgan fingerprint density at radius 2 is 1.94 bits per heavy atom. The normalized spacial score (nSPS) is 17.4. The maximum atomic E-state index is 13.8. The SMILES string of the molecule is Cc1ccc(-c2nnc3n2CCCCC3)cc1NC(=O)C1(c2cccc(F)c2)CCC1. The van der Waals surface area contributed by atoms with Gasteiger partial charge >= 0.3 is 0 Å². The Balaban J connectivity index is 1.45. The Kier molecular flexibility index (Phi) is 5.08. The lowest BCUT2D eigenvalue weighted by atomic mass is 9.63. The van der Waals surface area contributed by atoms with E-state index in [9.17, 15) is 9.18 Å². The first kappa shape index (κ1) is 19.9. The molecule has 3 aromatic rings. The monoisotopic (exact) mass is 418 g/mol. The maximum absolute atomic E-state index is 13.8. The molecule has 0 spiro atoms. The average molecular weight is 419 g/mol. The van der Waals surface area contributed by atoms with E-state index in [2.05, 4.69) is 20.1 Å². The Hall–Kier alpha value is -3.02. The third-order valence-corrected chi connectivity index (χ3v) is 6.87. The highest BCUT2D eigenvalue weighted by Gasteiger charge is 2.45. The predicted octanol–water partition coefficient (Wildman–Crippen LogP) is 5.18. The minimum atomic E-state index is -0.656. The average Bonchev–Trinajstić information content (AvgIpc) is 2.97. The number of hydrogen-bond acceptors (Lipinski definition) is 3. The number of anilines is 1. The van der Waals surface area contributed by atoms with Gasteiger partial charge in [-0.1, -0.05) is 37.1 Å². The first-order valence-electron chi connectivity index (χ1n) is 11.2. The molecule has 1 aromatic heterocycles. The van der Waals surface area contributed by atoms with Crippen molar-refractivity contribution in [3.05, 3.63) is 65.2 Å². The second-order valence-electron chi connectivity index (χ2n) is 8.83. The first-order valence-corrected chi connectivity index (χ1v) is 11.2. The summed E-state index contributed by atoms with van der Waals surface area (Å²) in [5, 5.41) is 12.0. The zero-order valence-corrected chi connectivity index (χ0v) is 17.8. The van der Waals surface area contributed by atoms with Crippen molar-refractivity contribution < 1.29 is 9.18 Å². The second-order valence-corrected chi connectivity index (χ2v) is 8.83. The number of aromatic nitrogens is 3. The smallest absolute Gasteiger partial charge is 0.235 e. The number of amides is 1. The molecule has 2 aliphatic rings. The fourth-order valence-electron chi connectivity index (χ4n) is 4.80. The number of hydrogen-bond donors (Lipinski definition) is 1. The van der Waals surface area contributed by atoms with E-state index < -0.39 is 5.41 Å². The van der Waals surface area contributed by atoms with E-state index in [1.165, 1.54) is 18.6 Å². The summed E-state index contributed by atoms with van der Waals surface area (Å²) >= 11 is 0. The van der Waals surface area contributed by atoms with Gasteiger partial charge < -0.3 is 9.88 Å². The van der Waals surface area contributed by atoms with Gasteiger partial charge in [-0.05, 0) is 61.9 Å². The van der Waals surface area contributed by atoms with E-state index in [1.54, 1.807) is 6.07 Å². The van der Waals surface area contributed by atoms with Crippen LogP contribution in [0.1, 0.15) is 55.5 Å². The molecule has 6 heteroatoms. The summed E-state index contributed by atoms with van der Waals surface area (Å²) in [6.07, 6.45) is 6.88. The van der Waals surface area contributed by atoms with E-state index in [0.29, 0.717) is 0 Å². The molecule has 2 aromatic carbocycles. The number of halogens is 1. The molecule has 31 heavy (non-hydrogen) atoms. The molecular formula is C25H27FN4O. The minimum absolute atomic E-state index is 0.0651. The second kappa shape index (κ2) is 7.91. The number of aryl methyl sites for hydroxylation is 2. The zero-order chi connectivity index (χ0) is 21.4. The van der Waals surface area contributed by atoms with Gasteiger partial charge in [-0.2, -0.15) is 0 Å². The van der Waals surface area contributed by atoms with Crippen LogP contribution in [0.2, 0.25) is 0 Å². The number of fused-ring (bicyclic) bond motifs is 1. The maximum Gasteiger partial charge on any atom is 0.235 e. The Morgan fingerprint density at radius 3 is 2.71 bits per heavy atom. The fourth-order valence-corrected chi connectivity index (χ4v) is 4.80. The number of carbonyl (C=O) groups excluding carboxylic acids is 1. The molecule has 0 unspecified atom stereocenters. The van der Waals surface area contributed by atoms with Crippen LogP contribution in [-0.4, -0.2) is 20.7 Å². The molecule has 1 fully saturated rings. The molecule has 0 bridgehead atoms. The van der Waals surface area contributed by atoms with Crippen molar-refractivity contribution in [1.29, 1.82) is 0 Å². The summed E-state index contributed by atoms with van der Waals surface area (Å²) in [6, 6.07) is 12.5. The Morgan fingerprint density at radius 1 is 1.06 bits per heavy atom. The van der Waals surface area contributed by atoms with Crippen molar-refractivity contribution in [1.82, 2.24) is 14.8 Å². The molecule has 0 radical (unpaired) electrons. The van der Waals surface area contributed by atoms with Crippen molar-refractivity contribution in [3.63, 3.8) is 0 Å². The lowest BCUT2D eigenvalue weighted by Gasteiger charge is -2.40. The van der Waals surface area contributed by atoms with Crippen LogP contribution >= 0.6 is 0 Å². The van der Waals surface area contributed by atoms with E-state index in [-0.39, 0.29) is 11.7 Å². The fraction of sp³-hybridized carbons (Fsp3) is 0.400. The summed E-state index contributed by atoms with van der Waals surface area (Å²) < 4.78 is 16.1. The van der Waals surface area contributed by atoms with Gasteiger partial charge in [0.15, 0.2) is 5.82 Å². The first-order chi connectivity index (χ1) is 15.1. The summed E-state index contributed by atoms with van der Waals surface area (Å²) in [4.78, 5) is 13.4. The van der Waals surface area contributed by atoms with E-state index >= 15 is 0 Å². The van der Waals surface area contributed by atoms with Crippen LogP contribution in [0, 0.1) is 12.7 Å². The Bertz CT molecular complexity index is 1130. The van der Waals surface area contributed by atoms with E-state index in [1.807, 2.05) is 31.2 Å². The topological polar surface area (TPSA) is 59.8 Å². The molecule has 5 rings (SSSR count). The lowest BCUT2D eigenvalue weighted by molar-refractivity contribution is -0.124. The number of rotatable bonds is 4. The third-order valence-electron chi connectivity index (χ3n) is 6.87. The van der Waals surface area contributed by atoms with Crippen LogP contribution in [0.25, 0.3) is 11.4 Å². The van der Waals surface area contributed by atoms with E-state index in [4.69, 9.17) is 0 Å². The van der Waals surface area contributed by atoms with Crippen molar-refractivity contribution in [2.45, 2.75) is 63.8 Å². The quantitative estimate of drug-likeness (QED) is 0.635. The molecular weight excluding hydrogens is 391 g/mol. The number of nitrogens with zero attached hydrogens (tertiary/aromatic N) is 3. The molecule has 2 heterocycles. The van der Waals surface area contributed by atoms with Crippen LogP contribution in [0.15, 0.2) is 42.5 Å². The van der Waals surface area contributed by atoms with Crippen molar-refractivity contribution >= 4 is 11.6 Å². The highest BCUT2D eigenvalue weighted by atomic mass is 19.1. The molecule has 0 atom stereocenters. The van der Waals surface area contributed by atoms with Crippen LogP contribution in [0.3, 0.4) is 0 Å². The third kappa shape index (κ3) is 3.54. The summed E-state index contributed by atoms with van der Waals surface area (Å²) in [7, 11) is 0. The Labute approximate surface area is 181 Å². The largest absolute Gasteiger partial charge is 0.325 e. The molecule has 160 valence electrons. The van der Waals surface area contributed by atoms with Gasteiger partial charge in [0.2, 0.25) is 5.91 Å². The van der Waals surface area contributed by atoms with Crippen molar-refractivity contribution in [2.75, 3.05) is 5.32 Å². The van der Waals surface area contributed by atoms with Gasteiger partial charge in [-0.15, -0.1) is 10.2 Å². The molecule has 1 amide bonds. The van der Waals surface area contributed by atoms with Crippen LogP contribution < -0.4 is 5.32 Å². The molecule has 1 saturated carbocycles. The standard InChI is InChI=1S/C25H27FN4O/c1-17-10-11-18(23-29-28-22-9-3-2-4-14-30(22)23)15-21(17)27-24(31)25(12-6-13-25)19-7-5-8-20(26)16-19/h5,7-8,10-11,15-16H,2-4,6,9,12-14H2,1H3,(H,27,31). The van der Waals surface area contributed by atoms with Crippen LogP contribution in [-0.2, 0) is 23.2 Å².